The highest BCUT2D eigenvalue weighted by molar-refractivity contribution is 7.80. The van der Waals surface area contributed by atoms with E-state index in [1.165, 1.54) is 5.56 Å². The first-order valence-corrected chi connectivity index (χ1v) is 8.31. The maximum Gasteiger partial charge on any atom is 0.120 e. The molecule has 2 nitrogen and oxygen atoms in total. The first-order valence-electron chi connectivity index (χ1n) is 7.90. The molecule has 0 saturated heterocycles. The lowest BCUT2D eigenvalue weighted by atomic mass is 10.2. The van der Waals surface area contributed by atoms with Crippen molar-refractivity contribution in [3.8, 4) is 5.75 Å². The van der Waals surface area contributed by atoms with Crippen LogP contribution in [0.2, 0.25) is 0 Å². The highest BCUT2D eigenvalue weighted by Crippen LogP contribution is 2.16. The van der Waals surface area contributed by atoms with E-state index in [-0.39, 0.29) is 0 Å². The monoisotopic (exact) mass is 333 g/mol. The zero-order valence-electron chi connectivity index (χ0n) is 13.3. The lowest BCUT2D eigenvalue weighted by molar-refractivity contribution is 0.306. The summed E-state index contributed by atoms with van der Waals surface area (Å²) in [6.07, 6.45) is 0. The largest absolute Gasteiger partial charge is 0.489 e. The molecule has 3 aromatic carbocycles. The van der Waals surface area contributed by atoms with Crippen molar-refractivity contribution in [2.75, 3.05) is 0 Å². The lowest BCUT2D eigenvalue weighted by Crippen LogP contribution is -2.21. The van der Waals surface area contributed by atoms with Gasteiger partial charge in [0.15, 0.2) is 0 Å². The second-order valence-electron chi connectivity index (χ2n) is 5.47. The second kappa shape index (κ2) is 8.27. The van der Waals surface area contributed by atoms with Gasteiger partial charge in [0.25, 0.3) is 0 Å². The highest BCUT2D eigenvalue weighted by atomic mass is 32.1. The molecule has 0 unspecified atom stereocenters. The van der Waals surface area contributed by atoms with Gasteiger partial charge in [-0.05, 0) is 23.3 Å². The Morgan fingerprint density at radius 2 is 1.46 bits per heavy atom. The third-order valence-electron chi connectivity index (χ3n) is 3.64. The molecule has 120 valence electrons. The summed E-state index contributed by atoms with van der Waals surface area (Å²) in [5.74, 6) is 0.820. The highest BCUT2D eigenvalue weighted by Gasteiger charge is 2.03. The number of nitrogens with one attached hydrogen (secondary N) is 1. The van der Waals surface area contributed by atoms with Gasteiger partial charge in [-0.1, -0.05) is 85.0 Å². The molecule has 3 aromatic rings. The first-order chi connectivity index (χ1) is 11.8. The van der Waals surface area contributed by atoms with Crippen molar-refractivity contribution in [3.05, 3.63) is 102 Å². The molecule has 0 aliphatic heterocycles. The molecule has 0 aliphatic carbocycles. The number of hydrogen-bond acceptors (Lipinski definition) is 2. The summed E-state index contributed by atoms with van der Waals surface area (Å²) in [6.45, 7) is 1.27. The van der Waals surface area contributed by atoms with E-state index in [0.717, 1.165) is 28.4 Å². The Bertz CT molecular complexity index is 787. The maximum atomic E-state index is 5.86. The number of rotatable bonds is 6. The van der Waals surface area contributed by atoms with Gasteiger partial charge in [0, 0.05) is 12.1 Å². The summed E-state index contributed by atoms with van der Waals surface area (Å²) < 4.78 is 5.86. The van der Waals surface area contributed by atoms with E-state index in [9.17, 15) is 0 Å². The van der Waals surface area contributed by atoms with Crippen molar-refractivity contribution < 1.29 is 4.74 Å². The van der Waals surface area contributed by atoms with E-state index >= 15 is 0 Å². The van der Waals surface area contributed by atoms with Gasteiger partial charge >= 0.3 is 0 Å². The summed E-state index contributed by atoms with van der Waals surface area (Å²) in [4.78, 5) is 0.726. The van der Waals surface area contributed by atoms with E-state index in [1.807, 2.05) is 60.7 Å². The average Bonchev–Trinajstić information content (AvgIpc) is 2.66. The predicted molar refractivity (Wildman–Crippen MR) is 102 cm³/mol. The molecule has 0 amide bonds. The van der Waals surface area contributed by atoms with Gasteiger partial charge in [0.1, 0.15) is 17.3 Å². The fourth-order valence-corrected chi connectivity index (χ4v) is 2.55. The molecular weight excluding hydrogens is 314 g/mol. The van der Waals surface area contributed by atoms with Gasteiger partial charge in [0.05, 0.1) is 0 Å². The van der Waals surface area contributed by atoms with Crippen LogP contribution in [0, 0.1) is 0 Å². The van der Waals surface area contributed by atoms with Gasteiger partial charge in [-0.15, -0.1) is 0 Å². The van der Waals surface area contributed by atoms with Gasteiger partial charge in [-0.25, -0.2) is 0 Å². The quantitative estimate of drug-likeness (QED) is 0.659. The molecule has 0 radical (unpaired) electrons. The standard InChI is InChI=1S/C21H19NOS/c24-21(22-15-17-8-3-1-4-9-17)19-12-7-13-20(14-19)23-16-18-10-5-2-6-11-18/h1-14H,15-16H2,(H,22,24). The van der Waals surface area contributed by atoms with Crippen LogP contribution in [0.25, 0.3) is 0 Å². The fourth-order valence-electron chi connectivity index (χ4n) is 2.35. The van der Waals surface area contributed by atoms with Crippen molar-refractivity contribution in [3.63, 3.8) is 0 Å². The number of thiocarbonyl (C=S) groups is 1. The zero-order valence-corrected chi connectivity index (χ0v) is 14.1. The first kappa shape index (κ1) is 16.2. The molecule has 0 aromatic heterocycles. The van der Waals surface area contributed by atoms with Crippen LogP contribution in [0.15, 0.2) is 84.9 Å². The van der Waals surface area contributed by atoms with E-state index in [1.54, 1.807) is 0 Å². The maximum absolute atomic E-state index is 5.86. The van der Waals surface area contributed by atoms with Crippen molar-refractivity contribution in [2.45, 2.75) is 13.2 Å². The fraction of sp³-hybridized carbons (Fsp3) is 0.0952. The Balaban J connectivity index is 1.59. The van der Waals surface area contributed by atoms with Gasteiger partial charge in [0.2, 0.25) is 0 Å². The minimum Gasteiger partial charge on any atom is -0.489 e. The molecule has 0 aliphatic rings. The van der Waals surface area contributed by atoms with Crippen LogP contribution in [-0.2, 0) is 13.2 Å². The zero-order chi connectivity index (χ0) is 16.6. The SMILES string of the molecule is S=C(NCc1ccccc1)c1cccc(OCc2ccccc2)c1. The van der Waals surface area contributed by atoms with Crippen LogP contribution in [0.5, 0.6) is 5.75 Å². The van der Waals surface area contributed by atoms with Crippen LogP contribution >= 0.6 is 12.2 Å². The summed E-state index contributed by atoms with van der Waals surface area (Å²) in [7, 11) is 0. The average molecular weight is 333 g/mol. The van der Waals surface area contributed by atoms with Crippen LogP contribution < -0.4 is 10.1 Å². The Labute approximate surface area is 148 Å². The van der Waals surface area contributed by atoms with E-state index < -0.39 is 0 Å². The van der Waals surface area contributed by atoms with Crippen LogP contribution in [0.3, 0.4) is 0 Å². The summed E-state index contributed by atoms with van der Waals surface area (Å²) in [6, 6.07) is 28.2. The number of ether oxygens (including phenoxy) is 1. The van der Waals surface area contributed by atoms with Gasteiger partial charge in [-0.3, -0.25) is 0 Å². The Hall–Kier alpha value is -2.65. The van der Waals surface area contributed by atoms with Crippen molar-refractivity contribution >= 4 is 17.2 Å². The molecule has 0 saturated carbocycles. The topological polar surface area (TPSA) is 21.3 Å². The van der Waals surface area contributed by atoms with Crippen molar-refractivity contribution in [1.29, 1.82) is 0 Å². The molecule has 24 heavy (non-hydrogen) atoms. The second-order valence-corrected chi connectivity index (χ2v) is 5.88. The molecule has 3 rings (SSSR count). The number of benzene rings is 3. The summed E-state index contributed by atoms with van der Waals surface area (Å²) in [5.41, 5.74) is 3.32. The van der Waals surface area contributed by atoms with Crippen LogP contribution in [0.1, 0.15) is 16.7 Å². The third kappa shape index (κ3) is 4.67. The van der Waals surface area contributed by atoms with Gasteiger partial charge < -0.3 is 10.1 Å². The minimum absolute atomic E-state index is 0.550. The minimum atomic E-state index is 0.550. The third-order valence-corrected chi connectivity index (χ3v) is 4.02. The molecule has 0 atom stereocenters. The molecular formula is C21H19NOS. The molecule has 1 N–H and O–H groups in total. The number of hydrogen-bond donors (Lipinski definition) is 1. The van der Waals surface area contributed by atoms with Crippen molar-refractivity contribution in [2.24, 2.45) is 0 Å². The van der Waals surface area contributed by atoms with Crippen LogP contribution in [-0.4, -0.2) is 4.99 Å². The predicted octanol–water partition coefficient (Wildman–Crippen LogP) is 4.73. The van der Waals surface area contributed by atoms with E-state index in [2.05, 4.69) is 29.6 Å². The van der Waals surface area contributed by atoms with Gasteiger partial charge in [-0.2, -0.15) is 0 Å². The molecule has 3 heteroatoms. The summed E-state index contributed by atoms with van der Waals surface area (Å²) in [5, 5.41) is 3.29. The van der Waals surface area contributed by atoms with E-state index in [0.29, 0.717) is 6.61 Å². The smallest absolute Gasteiger partial charge is 0.120 e. The van der Waals surface area contributed by atoms with Crippen molar-refractivity contribution in [1.82, 2.24) is 5.32 Å². The lowest BCUT2D eigenvalue weighted by Gasteiger charge is -2.11. The Morgan fingerprint density at radius 1 is 0.792 bits per heavy atom. The van der Waals surface area contributed by atoms with Crippen LogP contribution in [0.4, 0.5) is 0 Å². The molecule has 0 heterocycles. The normalized spacial score (nSPS) is 10.2. The molecule has 0 spiro atoms. The Morgan fingerprint density at radius 3 is 2.17 bits per heavy atom. The Kier molecular flexibility index (Phi) is 5.59. The molecule has 0 bridgehead atoms. The van der Waals surface area contributed by atoms with E-state index in [4.69, 9.17) is 17.0 Å². The molecule has 0 fully saturated rings. The summed E-state index contributed by atoms with van der Waals surface area (Å²) >= 11 is 5.49.